The zero-order valence-corrected chi connectivity index (χ0v) is 15.8. The molecule has 0 saturated heterocycles. The highest BCUT2D eigenvalue weighted by atomic mass is 32.1. The van der Waals surface area contributed by atoms with Crippen LogP contribution in [-0.2, 0) is 13.0 Å². The Morgan fingerprint density at radius 3 is 2.67 bits per heavy atom. The van der Waals surface area contributed by atoms with Crippen molar-refractivity contribution in [2.75, 3.05) is 16.8 Å². The molecule has 4 nitrogen and oxygen atoms in total. The summed E-state index contributed by atoms with van der Waals surface area (Å²) in [4.78, 5) is 16.2. The number of amides is 1. The summed E-state index contributed by atoms with van der Waals surface area (Å²) in [5, 5.41) is 6.40. The molecular weight excluding hydrogens is 390 g/mol. The van der Waals surface area contributed by atoms with Crippen molar-refractivity contribution in [2.24, 2.45) is 0 Å². The number of hydrogen-bond acceptors (Lipinski definition) is 5. The quantitative estimate of drug-likeness (QED) is 0.631. The first-order valence-electron chi connectivity index (χ1n) is 8.34. The van der Waals surface area contributed by atoms with E-state index in [9.17, 15) is 13.6 Å². The van der Waals surface area contributed by atoms with E-state index in [-0.39, 0.29) is 10.6 Å². The van der Waals surface area contributed by atoms with Crippen LogP contribution >= 0.6 is 22.7 Å². The lowest BCUT2D eigenvalue weighted by Gasteiger charge is -2.29. The van der Waals surface area contributed by atoms with Gasteiger partial charge >= 0.3 is 6.61 Å². The molecule has 0 fully saturated rings. The summed E-state index contributed by atoms with van der Waals surface area (Å²) in [5.74, 6) is -0.571. The van der Waals surface area contributed by atoms with Gasteiger partial charge in [0.15, 0.2) is 0 Å². The van der Waals surface area contributed by atoms with E-state index in [1.165, 1.54) is 16.5 Å². The minimum atomic E-state index is -2.96. The molecule has 0 atom stereocenters. The molecule has 1 aliphatic heterocycles. The summed E-state index contributed by atoms with van der Waals surface area (Å²) in [6.07, 6.45) is 1.04. The average Bonchev–Trinajstić information content (AvgIpc) is 3.30. The second kappa shape index (κ2) is 7.66. The number of ether oxygens (including phenoxy) is 1. The van der Waals surface area contributed by atoms with Gasteiger partial charge < -0.3 is 15.0 Å². The maximum Gasteiger partial charge on any atom is 0.387 e. The number of nitrogens with one attached hydrogen (secondary N) is 1. The molecule has 4 rings (SSSR count). The Labute approximate surface area is 163 Å². The van der Waals surface area contributed by atoms with Gasteiger partial charge in [-0.2, -0.15) is 8.78 Å². The lowest BCUT2D eigenvalue weighted by molar-refractivity contribution is -0.0498. The van der Waals surface area contributed by atoms with E-state index in [0.717, 1.165) is 36.5 Å². The summed E-state index contributed by atoms with van der Waals surface area (Å²) >= 11 is 2.87. The molecule has 3 heterocycles. The van der Waals surface area contributed by atoms with Crippen molar-refractivity contribution in [3.63, 3.8) is 0 Å². The molecule has 0 radical (unpaired) electrons. The van der Waals surface area contributed by atoms with Crippen LogP contribution in [0.3, 0.4) is 0 Å². The predicted molar refractivity (Wildman–Crippen MR) is 104 cm³/mol. The molecule has 1 amide bonds. The number of benzene rings is 1. The van der Waals surface area contributed by atoms with E-state index >= 15 is 0 Å². The van der Waals surface area contributed by atoms with Gasteiger partial charge in [-0.05, 0) is 59.1 Å². The van der Waals surface area contributed by atoms with E-state index in [2.05, 4.69) is 26.4 Å². The van der Waals surface area contributed by atoms with Crippen molar-refractivity contribution in [3.05, 3.63) is 62.5 Å². The van der Waals surface area contributed by atoms with Crippen LogP contribution in [0.2, 0.25) is 0 Å². The zero-order chi connectivity index (χ0) is 18.8. The lowest BCUT2D eigenvalue weighted by atomic mass is 10.1. The number of rotatable bonds is 5. The minimum absolute atomic E-state index is 0.107. The van der Waals surface area contributed by atoms with Gasteiger partial charge in [0.1, 0.15) is 10.6 Å². The van der Waals surface area contributed by atoms with Gasteiger partial charge in [0.05, 0.1) is 0 Å². The van der Waals surface area contributed by atoms with Gasteiger partial charge in [0.25, 0.3) is 5.91 Å². The van der Waals surface area contributed by atoms with Gasteiger partial charge in [-0.1, -0.05) is 0 Å². The second-order valence-electron chi connectivity index (χ2n) is 6.03. The van der Waals surface area contributed by atoms with Crippen LogP contribution in [0.15, 0.2) is 47.2 Å². The fraction of sp³-hybridized carbons (Fsp3) is 0.211. The summed E-state index contributed by atoms with van der Waals surface area (Å²) in [6, 6.07) is 11.1. The maximum atomic E-state index is 12.4. The van der Waals surface area contributed by atoms with E-state index in [1.807, 2.05) is 24.3 Å². The van der Waals surface area contributed by atoms with E-state index in [4.69, 9.17) is 0 Å². The van der Waals surface area contributed by atoms with Crippen molar-refractivity contribution in [2.45, 2.75) is 19.6 Å². The van der Waals surface area contributed by atoms with Crippen LogP contribution in [-0.4, -0.2) is 19.1 Å². The highest BCUT2D eigenvalue weighted by Gasteiger charge is 2.19. The van der Waals surface area contributed by atoms with E-state index in [0.29, 0.717) is 5.69 Å². The van der Waals surface area contributed by atoms with Gasteiger partial charge in [0, 0.05) is 29.3 Å². The average molecular weight is 406 g/mol. The number of nitrogens with zero attached hydrogens (tertiary/aromatic N) is 1. The van der Waals surface area contributed by atoms with Crippen LogP contribution in [0.5, 0.6) is 5.75 Å². The fourth-order valence-electron chi connectivity index (χ4n) is 3.06. The second-order valence-corrected chi connectivity index (χ2v) is 7.95. The van der Waals surface area contributed by atoms with Crippen molar-refractivity contribution in [1.82, 2.24) is 0 Å². The Hall–Kier alpha value is -2.45. The molecule has 0 bridgehead atoms. The number of anilines is 2. The fourth-order valence-corrected chi connectivity index (χ4v) is 4.67. The lowest BCUT2D eigenvalue weighted by Crippen LogP contribution is -2.29. The van der Waals surface area contributed by atoms with Crippen LogP contribution in [0.25, 0.3) is 0 Å². The van der Waals surface area contributed by atoms with Gasteiger partial charge in [-0.15, -0.1) is 22.7 Å². The number of thiophene rings is 2. The Morgan fingerprint density at radius 2 is 1.89 bits per heavy atom. The number of alkyl halides is 2. The van der Waals surface area contributed by atoms with Crippen LogP contribution in [0, 0.1) is 0 Å². The predicted octanol–water partition coefficient (Wildman–Crippen LogP) is 5.23. The van der Waals surface area contributed by atoms with E-state index < -0.39 is 12.5 Å². The van der Waals surface area contributed by atoms with E-state index in [1.54, 1.807) is 16.7 Å². The molecule has 3 aromatic rings. The number of fused-ring (bicyclic) bond motifs is 1. The summed E-state index contributed by atoms with van der Waals surface area (Å²) in [5.41, 5.74) is 3.06. The molecule has 0 saturated carbocycles. The van der Waals surface area contributed by atoms with Crippen LogP contribution < -0.4 is 15.0 Å². The van der Waals surface area contributed by atoms with Crippen LogP contribution in [0.1, 0.15) is 20.1 Å². The third-order valence-electron chi connectivity index (χ3n) is 4.35. The zero-order valence-electron chi connectivity index (χ0n) is 14.2. The number of carbonyl (C=O) groups is 1. The molecule has 2 aromatic heterocycles. The minimum Gasteiger partial charge on any atom is -0.433 e. The molecule has 1 aliphatic rings. The first-order valence-corrected chi connectivity index (χ1v) is 10.1. The molecular formula is C19H16F2N2O2S2. The summed E-state index contributed by atoms with van der Waals surface area (Å²) in [7, 11) is 0. The van der Waals surface area contributed by atoms with Gasteiger partial charge in [-0.25, -0.2) is 0 Å². The molecule has 27 heavy (non-hydrogen) atoms. The number of hydrogen-bond donors (Lipinski definition) is 1. The molecule has 0 aliphatic carbocycles. The first-order chi connectivity index (χ1) is 13.1. The van der Waals surface area contributed by atoms with Crippen molar-refractivity contribution in [1.29, 1.82) is 0 Å². The van der Waals surface area contributed by atoms with Gasteiger partial charge in [-0.3, -0.25) is 4.79 Å². The Morgan fingerprint density at radius 1 is 1.11 bits per heavy atom. The highest BCUT2D eigenvalue weighted by molar-refractivity contribution is 7.12. The molecule has 8 heteroatoms. The molecule has 0 spiro atoms. The standard InChI is InChI=1S/C19H16F2N2O2S2/c20-19(21)25-15-7-10-27-17(15)18(24)22-13-1-3-14(4-2-13)23-8-5-16-12(11-23)6-9-26-16/h1-4,6-7,9-10,19H,5,8,11H2,(H,22,24). The summed E-state index contributed by atoms with van der Waals surface area (Å²) < 4.78 is 29.2. The normalized spacial score (nSPS) is 13.5. The summed E-state index contributed by atoms with van der Waals surface area (Å²) in [6.45, 7) is -1.12. The molecule has 1 aromatic carbocycles. The third-order valence-corrected chi connectivity index (χ3v) is 6.27. The molecule has 1 N–H and O–H groups in total. The topological polar surface area (TPSA) is 41.6 Å². The maximum absolute atomic E-state index is 12.4. The first kappa shape index (κ1) is 17.9. The SMILES string of the molecule is O=C(Nc1ccc(N2CCc3sccc3C2)cc1)c1sccc1OC(F)F. The van der Waals surface area contributed by atoms with Crippen LogP contribution in [0.4, 0.5) is 20.2 Å². The Balaban J connectivity index is 1.43. The number of halogens is 2. The molecule has 0 unspecified atom stereocenters. The Bertz CT molecular complexity index is 937. The van der Waals surface area contributed by atoms with Crippen molar-refractivity contribution in [3.8, 4) is 5.75 Å². The highest BCUT2D eigenvalue weighted by Crippen LogP contribution is 2.30. The van der Waals surface area contributed by atoms with Crippen molar-refractivity contribution < 1.29 is 18.3 Å². The van der Waals surface area contributed by atoms with Gasteiger partial charge in [0.2, 0.25) is 0 Å². The molecule has 140 valence electrons. The monoisotopic (exact) mass is 406 g/mol. The smallest absolute Gasteiger partial charge is 0.387 e. The third kappa shape index (κ3) is 3.96. The largest absolute Gasteiger partial charge is 0.433 e. The Kier molecular flexibility index (Phi) is 5.09. The van der Waals surface area contributed by atoms with Crippen molar-refractivity contribution >= 4 is 40.0 Å². The number of carbonyl (C=O) groups excluding carboxylic acids is 1.